The summed E-state index contributed by atoms with van der Waals surface area (Å²) in [5, 5.41) is 18.7. The monoisotopic (exact) mass is 247 g/mol. The van der Waals surface area contributed by atoms with Crippen molar-refractivity contribution in [3.63, 3.8) is 0 Å². The van der Waals surface area contributed by atoms with Crippen LogP contribution in [-0.4, -0.2) is 12.2 Å². The Labute approximate surface area is 109 Å². The molecule has 3 heteroatoms. The molecule has 1 aromatic rings. The third-order valence-corrected chi connectivity index (χ3v) is 3.13. The van der Waals surface area contributed by atoms with E-state index in [-0.39, 0.29) is 0 Å². The Bertz CT molecular complexity index is 447. The third kappa shape index (κ3) is 3.24. The van der Waals surface area contributed by atoms with Gasteiger partial charge in [-0.3, -0.25) is 0 Å². The summed E-state index contributed by atoms with van der Waals surface area (Å²) < 4.78 is 5.37. The first-order chi connectivity index (χ1) is 8.51. The maximum absolute atomic E-state index is 10.1. The van der Waals surface area contributed by atoms with Crippen LogP contribution in [0, 0.1) is 18.3 Å². The predicted octanol–water partition coefficient (Wildman–Crippen LogP) is 3.46. The van der Waals surface area contributed by atoms with Crippen molar-refractivity contribution in [3.8, 4) is 11.8 Å². The first-order valence-corrected chi connectivity index (χ1v) is 6.24. The minimum atomic E-state index is -0.576. The summed E-state index contributed by atoms with van der Waals surface area (Å²) in [6, 6.07) is 6.02. The van der Waals surface area contributed by atoms with Crippen LogP contribution in [0.2, 0.25) is 0 Å². The highest BCUT2D eigenvalue weighted by molar-refractivity contribution is 5.44. The van der Waals surface area contributed by atoms with Gasteiger partial charge in [0.1, 0.15) is 5.75 Å². The first-order valence-electron chi connectivity index (χ1n) is 6.24. The molecule has 0 heterocycles. The number of hydrogen-bond acceptors (Lipinski definition) is 3. The zero-order valence-corrected chi connectivity index (χ0v) is 11.5. The highest BCUT2D eigenvalue weighted by Crippen LogP contribution is 2.33. The molecule has 1 N–H and O–H groups in total. The van der Waals surface area contributed by atoms with E-state index in [0.29, 0.717) is 18.8 Å². The Morgan fingerprint density at radius 1 is 1.33 bits per heavy atom. The molecule has 1 atom stereocenters. The second kappa shape index (κ2) is 6.42. The number of aliphatic hydroxyl groups is 1. The molecule has 1 aromatic carbocycles. The van der Waals surface area contributed by atoms with Crippen molar-refractivity contribution in [2.45, 2.75) is 45.6 Å². The number of methoxy groups -OCH3 is 1. The van der Waals surface area contributed by atoms with Crippen LogP contribution in [0.4, 0.5) is 0 Å². The molecule has 0 spiro atoms. The summed E-state index contributed by atoms with van der Waals surface area (Å²) in [6.45, 7) is 6.15. The fourth-order valence-corrected chi connectivity index (χ4v) is 2.06. The van der Waals surface area contributed by atoms with Crippen molar-refractivity contribution in [3.05, 3.63) is 28.8 Å². The lowest BCUT2D eigenvalue weighted by atomic mass is 9.92. The van der Waals surface area contributed by atoms with E-state index in [1.54, 1.807) is 7.11 Å². The van der Waals surface area contributed by atoms with Crippen molar-refractivity contribution < 1.29 is 9.84 Å². The molecule has 1 unspecified atom stereocenters. The van der Waals surface area contributed by atoms with Gasteiger partial charge in [-0.1, -0.05) is 13.8 Å². The van der Waals surface area contributed by atoms with Crippen LogP contribution in [0.15, 0.2) is 12.1 Å². The Kier molecular flexibility index (Phi) is 5.18. The van der Waals surface area contributed by atoms with E-state index in [2.05, 4.69) is 19.9 Å². The number of hydrogen-bond donors (Lipinski definition) is 1. The standard InChI is InChI=1S/C15H21NO2/c1-10(2)12-9-13(14(17)6-5-7-16)11(3)8-15(12)18-4/h8-10,14,17H,5-6H2,1-4H3. The zero-order chi connectivity index (χ0) is 13.7. The highest BCUT2D eigenvalue weighted by Gasteiger charge is 2.16. The molecule has 0 bridgehead atoms. The van der Waals surface area contributed by atoms with E-state index in [1.165, 1.54) is 0 Å². The fourth-order valence-electron chi connectivity index (χ4n) is 2.06. The molecule has 3 nitrogen and oxygen atoms in total. The van der Waals surface area contributed by atoms with Crippen molar-refractivity contribution in [1.82, 2.24) is 0 Å². The predicted molar refractivity (Wildman–Crippen MR) is 71.6 cm³/mol. The number of benzene rings is 1. The highest BCUT2D eigenvalue weighted by atomic mass is 16.5. The van der Waals surface area contributed by atoms with Crippen LogP contribution < -0.4 is 4.74 Å². The maximum atomic E-state index is 10.1. The molecule has 0 aliphatic rings. The lowest BCUT2D eigenvalue weighted by Gasteiger charge is -2.18. The molecule has 0 saturated heterocycles. The minimum Gasteiger partial charge on any atom is -0.496 e. The summed E-state index contributed by atoms with van der Waals surface area (Å²) >= 11 is 0. The van der Waals surface area contributed by atoms with Gasteiger partial charge in [0.05, 0.1) is 19.3 Å². The van der Waals surface area contributed by atoms with Gasteiger partial charge >= 0.3 is 0 Å². The van der Waals surface area contributed by atoms with Crippen LogP contribution in [0.1, 0.15) is 55.4 Å². The van der Waals surface area contributed by atoms with Gasteiger partial charge in [0.25, 0.3) is 0 Å². The van der Waals surface area contributed by atoms with Gasteiger partial charge in [-0.25, -0.2) is 0 Å². The largest absolute Gasteiger partial charge is 0.496 e. The summed E-state index contributed by atoms with van der Waals surface area (Å²) in [5.74, 6) is 1.20. The molecule has 0 aliphatic heterocycles. The first kappa shape index (κ1) is 14.5. The molecular formula is C15H21NO2. The number of nitrogens with zero attached hydrogens (tertiary/aromatic N) is 1. The second-order valence-electron chi connectivity index (χ2n) is 4.82. The van der Waals surface area contributed by atoms with Gasteiger partial charge in [0, 0.05) is 6.42 Å². The van der Waals surface area contributed by atoms with Gasteiger partial charge < -0.3 is 9.84 Å². The Morgan fingerprint density at radius 3 is 2.50 bits per heavy atom. The van der Waals surface area contributed by atoms with Crippen LogP contribution in [0.25, 0.3) is 0 Å². The fraction of sp³-hybridized carbons (Fsp3) is 0.533. The van der Waals surface area contributed by atoms with Crippen molar-refractivity contribution >= 4 is 0 Å². The SMILES string of the molecule is COc1cc(C)c(C(O)CCC#N)cc1C(C)C. The van der Waals surface area contributed by atoms with Crippen LogP contribution >= 0.6 is 0 Å². The topological polar surface area (TPSA) is 53.2 Å². The molecule has 0 aliphatic carbocycles. The number of rotatable bonds is 5. The van der Waals surface area contributed by atoms with E-state index < -0.39 is 6.10 Å². The van der Waals surface area contributed by atoms with E-state index >= 15 is 0 Å². The molecule has 98 valence electrons. The van der Waals surface area contributed by atoms with Gasteiger partial charge in [-0.2, -0.15) is 5.26 Å². The van der Waals surface area contributed by atoms with E-state index in [0.717, 1.165) is 22.4 Å². The Balaban J connectivity index is 3.13. The molecule has 18 heavy (non-hydrogen) atoms. The normalized spacial score (nSPS) is 12.3. The lowest BCUT2D eigenvalue weighted by molar-refractivity contribution is 0.168. The molecule has 0 saturated carbocycles. The quantitative estimate of drug-likeness (QED) is 0.866. The number of aliphatic hydroxyl groups excluding tert-OH is 1. The van der Waals surface area contributed by atoms with E-state index in [1.807, 2.05) is 19.1 Å². The average Bonchev–Trinajstić information content (AvgIpc) is 2.34. The Hall–Kier alpha value is -1.53. The molecule has 0 aromatic heterocycles. The molecular weight excluding hydrogens is 226 g/mol. The minimum absolute atomic E-state index is 0.336. The van der Waals surface area contributed by atoms with Gasteiger partial charge in [-0.15, -0.1) is 0 Å². The van der Waals surface area contributed by atoms with Crippen molar-refractivity contribution in [2.24, 2.45) is 0 Å². The average molecular weight is 247 g/mol. The van der Waals surface area contributed by atoms with Crippen LogP contribution in [-0.2, 0) is 0 Å². The van der Waals surface area contributed by atoms with Gasteiger partial charge in [0.15, 0.2) is 0 Å². The molecule has 1 rings (SSSR count). The smallest absolute Gasteiger partial charge is 0.122 e. The van der Waals surface area contributed by atoms with Gasteiger partial charge in [0.2, 0.25) is 0 Å². The van der Waals surface area contributed by atoms with Crippen LogP contribution in [0.5, 0.6) is 5.75 Å². The second-order valence-corrected chi connectivity index (χ2v) is 4.82. The van der Waals surface area contributed by atoms with Crippen molar-refractivity contribution in [2.75, 3.05) is 7.11 Å². The maximum Gasteiger partial charge on any atom is 0.122 e. The third-order valence-electron chi connectivity index (χ3n) is 3.13. The molecule has 0 amide bonds. The van der Waals surface area contributed by atoms with Crippen molar-refractivity contribution in [1.29, 1.82) is 5.26 Å². The number of ether oxygens (including phenoxy) is 1. The van der Waals surface area contributed by atoms with E-state index in [9.17, 15) is 5.11 Å². The Morgan fingerprint density at radius 2 is 2.00 bits per heavy atom. The number of aryl methyl sites for hydroxylation is 1. The molecule has 0 radical (unpaired) electrons. The van der Waals surface area contributed by atoms with Crippen LogP contribution in [0.3, 0.4) is 0 Å². The number of nitriles is 1. The summed E-state index contributed by atoms with van der Waals surface area (Å²) in [6.07, 6.45) is 0.262. The lowest BCUT2D eigenvalue weighted by Crippen LogP contribution is -2.04. The van der Waals surface area contributed by atoms with E-state index in [4.69, 9.17) is 10.00 Å². The zero-order valence-electron chi connectivity index (χ0n) is 11.5. The summed E-state index contributed by atoms with van der Waals surface area (Å²) in [4.78, 5) is 0. The van der Waals surface area contributed by atoms with Gasteiger partial charge in [-0.05, 0) is 48.1 Å². The molecule has 0 fully saturated rings. The summed E-state index contributed by atoms with van der Waals surface area (Å²) in [5.41, 5.74) is 2.99. The summed E-state index contributed by atoms with van der Waals surface area (Å²) in [7, 11) is 1.66.